The second-order valence-corrected chi connectivity index (χ2v) is 10.1. The van der Waals surface area contributed by atoms with E-state index in [2.05, 4.69) is 12.2 Å². The Balaban J connectivity index is 1.92. The second kappa shape index (κ2) is 14.1. The summed E-state index contributed by atoms with van der Waals surface area (Å²) in [7, 11) is 0. The molecular formula is C30H34Cl2N2O3. The molecule has 3 rings (SSSR count). The van der Waals surface area contributed by atoms with Crippen molar-refractivity contribution in [2.24, 2.45) is 0 Å². The fourth-order valence-electron chi connectivity index (χ4n) is 4.14. The first kappa shape index (κ1) is 28.5. The van der Waals surface area contributed by atoms with Gasteiger partial charge in [-0.2, -0.15) is 0 Å². The zero-order valence-electron chi connectivity index (χ0n) is 21.6. The van der Waals surface area contributed by atoms with E-state index in [4.69, 9.17) is 27.9 Å². The molecule has 0 fully saturated rings. The summed E-state index contributed by atoms with van der Waals surface area (Å²) in [5.41, 5.74) is 3.74. The van der Waals surface area contributed by atoms with Crippen molar-refractivity contribution < 1.29 is 14.3 Å². The van der Waals surface area contributed by atoms with E-state index in [1.165, 1.54) is 0 Å². The third-order valence-corrected chi connectivity index (χ3v) is 6.60. The molecule has 0 aromatic heterocycles. The third-order valence-electron chi connectivity index (χ3n) is 6.01. The molecule has 0 aliphatic rings. The molecule has 0 aliphatic heterocycles. The predicted octanol–water partition coefficient (Wildman–Crippen LogP) is 6.55. The number of carbonyl (C=O) groups is 2. The van der Waals surface area contributed by atoms with E-state index in [-0.39, 0.29) is 25.0 Å². The highest BCUT2D eigenvalue weighted by Gasteiger charge is 2.31. The number of nitrogens with one attached hydrogen (secondary N) is 1. The van der Waals surface area contributed by atoms with Crippen LogP contribution in [0.1, 0.15) is 42.0 Å². The average molecular weight is 542 g/mol. The van der Waals surface area contributed by atoms with Crippen molar-refractivity contribution in [2.75, 3.05) is 13.2 Å². The van der Waals surface area contributed by atoms with Gasteiger partial charge in [0.1, 0.15) is 11.8 Å². The molecule has 1 N–H and O–H groups in total. The van der Waals surface area contributed by atoms with Crippen LogP contribution >= 0.6 is 23.2 Å². The number of benzene rings is 3. The number of hydrogen-bond donors (Lipinski definition) is 1. The zero-order valence-corrected chi connectivity index (χ0v) is 23.1. The number of nitrogens with zero attached hydrogens (tertiary/aromatic N) is 1. The quantitative estimate of drug-likeness (QED) is 0.265. The molecule has 0 radical (unpaired) electrons. The third kappa shape index (κ3) is 8.80. The van der Waals surface area contributed by atoms with Crippen LogP contribution in [0.5, 0.6) is 5.75 Å². The highest BCUT2D eigenvalue weighted by atomic mass is 35.5. The van der Waals surface area contributed by atoms with Crippen LogP contribution in [0, 0.1) is 13.8 Å². The van der Waals surface area contributed by atoms with Crippen molar-refractivity contribution in [1.82, 2.24) is 10.2 Å². The Hall–Kier alpha value is -3.02. The van der Waals surface area contributed by atoms with E-state index in [0.717, 1.165) is 29.5 Å². The molecule has 1 atom stereocenters. The van der Waals surface area contributed by atoms with Crippen molar-refractivity contribution in [1.29, 1.82) is 0 Å². The average Bonchev–Trinajstić information content (AvgIpc) is 2.86. The second-order valence-electron chi connectivity index (χ2n) is 9.22. The van der Waals surface area contributed by atoms with Gasteiger partial charge in [-0.15, -0.1) is 0 Å². The summed E-state index contributed by atoms with van der Waals surface area (Å²) in [5.74, 6) is 0.0984. The molecule has 5 nitrogen and oxygen atoms in total. The number of ether oxygens (including phenoxy) is 1. The molecule has 2 amide bonds. The van der Waals surface area contributed by atoms with Gasteiger partial charge in [0.15, 0.2) is 6.61 Å². The Morgan fingerprint density at radius 2 is 1.68 bits per heavy atom. The first-order chi connectivity index (χ1) is 17.8. The molecule has 1 unspecified atom stereocenters. The van der Waals surface area contributed by atoms with E-state index in [1.807, 2.05) is 62.4 Å². The molecule has 3 aromatic carbocycles. The number of halogens is 2. The number of rotatable bonds is 12. The van der Waals surface area contributed by atoms with Crippen LogP contribution < -0.4 is 10.1 Å². The van der Waals surface area contributed by atoms with E-state index >= 15 is 0 Å². The van der Waals surface area contributed by atoms with Crippen molar-refractivity contribution in [3.05, 3.63) is 99.0 Å². The lowest BCUT2D eigenvalue weighted by Gasteiger charge is -2.32. The Morgan fingerprint density at radius 3 is 2.32 bits per heavy atom. The van der Waals surface area contributed by atoms with Gasteiger partial charge in [-0.3, -0.25) is 9.59 Å². The summed E-state index contributed by atoms with van der Waals surface area (Å²) in [6.07, 6.45) is 2.17. The lowest BCUT2D eigenvalue weighted by Crippen LogP contribution is -2.51. The fourth-order valence-corrected chi connectivity index (χ4v) is 4.61. The number of hydrogen-bond acceptors (Lipinski definition) is 3. The molecule has 0 bridgehead atoms. The van der Waals surface area contributed by atoms with Crippen molar-refractivity contribution >= 4 is 35.0 Å². The minimum Gasteiger partial charge on any atom is -0.484 e. The Morgan fingerprint density at radius 1 is 0.973 bits per heavy atom. The lowest BCUT2D eigenvalue weighted by atomic mass is 10.0. The standard InChI is InChI=1S/C30H34Cl2N2O3/c1-4-5-13-33-30(36)28(17-23-9-7-6-8-10-23)34(19-24-11-12-25(31)18-27(24)32)29(35)20-37-26-15-21(2)14-22(3)16-26/h6-12,14-16,18,28H,4-5,13,17,19-20H2,1-3H3,(H,33,36). The van der Waals surface area contributed by atoms with E-state index in [9.17, 15) is 9.59 Å². The number of amides is 2. The molecule has 3 aromatic rings. The van der Waals surface area contributed by atoms with Gasteiger partial charge >= 0.3 is 0 Å². The number of unbranched alkanes of at least 4 members (excludes halogenated alkanes) is 1. The summed E-state index contributed by atoms with van der Waals surface area (Å²) in [4.78, 5) is 28.7. The summed E-state index contributed by atoms with van der Waals surface area (Å²) < 4.78 is 5.90. The molecule has 0 heterocycles. The molecule has 0 aliphatic carbocycles. The molecule has 37 heavy (non-hydrogen) atoms. The summed E-state index contributed by atoms with van der Waals surface area (Å²) in [6, 6.07) is 19.9. The van der Waals surface area contributed by atoms with Crippen LogP contribution in [0.4, 0.5) is 0 Å². The van der Waals surface area contributed by atoms with Gasteiger partial charge in [0.25, 0.3) is 5.91 Å². The number of carbonyl (C=O) groups excluding carboxylic acids is 2. The van der Waals surface area contributed by atoms with Crippen LogP contribution in [0.25, 0.3) is 0 Å². The normalized spacial score (nSPS) is 11.6. The maximum absolute atomic E-state index is 13.7. The van der Waals surface area contributed by atoms with Gasteiger partial charge in [-0.25, -0.2) is 0 Å². The molecule has 7 heteroatoms. The van der Waals surface area contributed by atoms with Crippen LogP contribution in [-0.2, 0) is 22.6 Å². The first-order valence-corrected chi connectivity index (χ1v) is 13.3. The molecule has 0 saturated carbocycles. The molecule has 0 spiro atoms. The maximum Gasteiger partial charge on any atom is 0.261 e. The lowest BCUT2D eigenvalue weighted by molar-refractivity contribution is -0.142. The summed E-state index contributed by atoms with van der Waals surface area (Å²) in [5, 5.41) is 3.95. The fraction of sp³-hybridized carbons (Fsp3) is 0.333. The predicted molar refractivity (Wildman–Crippen MR) is 150 cm³/mol. The first-order valence-electron chi connectivity index (χ1n) is 12.5. The van der Waals surface area contributed by atoms with Gasteiger partial charge in [0.2, 0.25) is 5.91 Å². The van der Waals surface area contributed by atoms with Gasteiger partial charge in [0.05, 0.1) is 0 Å². The SMILES string of the molecule is CCCCNC(=O)C(Cc1ccccc1)N(Cc1ccc(Cl)cc1Cl)C(=O)COc1cc(C)cc(C)c1. The molecular weight excluding hydrogens is 507 g/mol. The van der Waals surface area contributed by atoms with Crippen molar-refractivity contribution in [3.8, 4) is 5.75 Å². The number of aryl methyl sites for hydroxylation is 2. The van der Waals surface area contributed by atoms with E-state index in [0.29, 0.717) is 34.3 Å². The summed E-state index contributed by atoms with van der Waals surface area (Å²) in [6.45, 7) is 6.51. The van der Waals surface area contributed by atoms with E-state index in [1.54, 1.807) is 23.1 Å². The summed E-state index contributed by atoms with van der Waals surface area (Å²) >= 11 is 12.6. The highest BCUT2D eigenvalue weighted by Crippen LogP contribution is 2.24. The van der Waals surface area contributed by atoms with Crippen molar-refractivity contribution in [3.63, 3.8) is 0 Å². The highest BCUT2D eigenvalue weighted by molar-refractivity contribution is 6.35. The largest absolute Gasteiger partial charge is 0.484 e. The van der Waals surface area contributed by atoms with Crippen LogP contribution in [0.2, 0.25) is 10.0 Å². The van der Waals surface area contributed by atoms with Gasteiger partial charge < -0.3 is 15.0 Å². The Kier molecular flexibility index (Phi) is 10.8. The van der Waals surface area contributed by atoms with Crippen LogP contribution in [-0.4, -0.2) is 35.9 Å². The molecule has 196 valence electrons. The topological polar surface area (TPSA) is 58.6 Å². The molecule has 0 saturated heterocycles. The van der Waals surface area contributed by atoms with E-state index < -0.39 is 6.04 Å². The van der Waals surface area contributed by atoms with Crippen LogP contribution in [0.15, 0.2) is 66.7 Å². The minimum atomic E-state index is -0.749. The van der Waals surface area contributed by atoms with Crippen LogP contribution in [0.3, 0.4) is 0 Å². The minimum absolute atomic E-state index is 0.143. The van der Waals surface area contributed by atoms with Crippen molar-refractivity contribution in [2.45, 2.75) is 52.6 Å². The Labute approximate surface area is 229 Å². The zero-order chi connectivity index (χ0) is 26.8. The monoisotopic (exact) mass is 540 g/mol. The van der Waals surface area contributed by atoms with Gasteiger partial charge in [-0.1, -0.05) is 79.0 Å². The Bertz CT molecular complexity index is 1180. The van der Waals surface area contributed by atoms with Gasteiger partial charge in [0, 0.05) is 29.6 Å². The van der Waals surface area contributed by atoms with Gasteiger partial charge in [-0.05, 0) is 66.8 Å². The maximum atomic E-state index is 13.7. The smallest absolute Gasteiger partial charge is 0.261 e.